The minimum absolute atomic E-state index is 0.172. The van der Waals surface area contributed by atoms with E-state index in [-0.39, 0.29) is 5.91 Å². The summed E-state index contributed by atoms with van der Waals surface area (Å²) in [5, 5.41) is 0. The smallest absolute Gasteiger partial charge is 0.253 e. The second kappa shape index (κ2) is 13.3. The van der Waals surface area contributed by atoms with Gasteiger partial charge in [-0.3, -0.25) is 9.69 Å². The Balaban J connectivity index is 0.949. The summed E-state index contributed by atoms with van der Waals surface area (Å²) in [6, 6.07) is 23.3. The van der Waals surface area contributed by atoms with Crippen molar-refractivity contribution in [1.29, 1.82) is 0 Å². The number of anilines is 1. The summed E-state index contributed by atoms with van der Waals surface area (Å²) in [5.41, 5.74) is 5.94. The molecule has 0 atom stereocenters. The van der Waals surface area contributed by atoms with Gasteiger partial charge in [-0.25, -0.2) is 0 Å². The van der Waals surface area contributed by atoms with Crippen LogP contribution in [0.25, 0.3) is 11.1 Å². The maximum atomic E-state index is 13.5. The predicted octanol–water partition coefficient (Wildman–Crippen LogP) is 7.76. The van der Waals surface area contributed by atoms with Crippen molar-refractivity contribution in [2.45, 2.75) is 58.9 Å². The van der Waals surface area contributed by atoms with Crippen LogP contribution >= 0.6 is 0 Å². The van der Waals surface area contributed by atoms with Gasteiger partial charge in [0.1, 0.15) is 11.5 Å². The van der Waals surface area contributed by atoms with Gasteiger partial charge in [0.25, 0.3) is 5.91 Å². The van der Waals surface area contributed by atoms with Crippen LogP contribution in [0.15, 0.2) is 66.7 Å². The highest BCUT2D eigenvalue weighted by Crippen LogP contribution is 2.60. The number of carbonyl (C=O) groups is 1. The molecule has 3 aromatic rings. The molecule has 0 unspecified atom stereocenters. The van der Waals surface area contributed by atoms with Crippen molar-refractivity contribution < 1.29 is 14.3 Å². The molecule has 3 aromatic carbocycles. The number of benzene rings is 3. The van der Waals surface area contributed by atoms with Crippen molar-refractivity contribution in [3.05, 3.63) is 77.9 Å². The van der Waals surface area contributed by atoms with Crippen LogP contribution in [0.1, 0.15) is 68.3 Å². The third-order valence-corrected chi connectivity index (χ3v) is 11.1. The van der Waals surface area contributed by atoms with Gasteiger partial charge in [0.05, 0.1) is 13.2 Å². The summed E-state index contributed by atoms with van der Waals surface area (Å²) in [6.07, 6.45) is 8.34. The summed E-state index contributed by atoms with van der Waals surface area (Å²) >= 11 is 0. The molecule has 5 aliphatic rings. The zero-order valence-corrected chi connectivity index (χ0v) is 28.0. The minimum atomic E-state index is 0.172. The fourth-order valence-electron chi connectivity index (χ4n) is 9.62. The van der Waals surface area contributed by atoms with Crippen LogP contribution < -0.4 is 14.4 Å². The molecule has 6 heteroatoms. The maximum absolute atomic E-state index is 13.5. The van der Waals surface area contributed by atoms with Crippen LogP contribution in [0.4, 0.5) is 5.69 Å². The van der Waals surface area contributed by atoms with Crippen molar-refractivity contribution in [3.8, 4) is 22.6 Å². The molecule has 1 heterocycles. The van der Waals surface area contributed by atoms with Gasteiger partial charge in [-0.05, 0) is 147 Å². The SMILES string of the molecule is CCOc1cccc(-c2cc(CN3CCN(c4ccc(C(=O)N(C)CC56CC7CC(CC(C7)C5)C6)cc4)CC3)cc(OCC)c2)c1. The number of hydrogen-bond acceptors (Lipinski definition) is 5. The van der Waals surface area contributed by atoms with Gasteiger partial charge >= 0.3 is 0 Å². The van der Waals surface area contributed by atoms with Gasteiger partial charge in [-0.15, -0.1) is 0 Å². The standard InChI is InChI=1S/C40H51N3O3/c1-4-45-37-8-6-7-34(22-37)35-20-32(21-38(23-35)46-5-2)27-42-13-15-43(16-14-42)36-11-9-33(10-12-36)39(44)41(3)28-40-24-29-17-30(25-40)19-31(18-29)26-40/h6-12,20-23,29-31H,4-5,13-19,24-28H2,1-3H3. The summed E-state index contributed by atoms with van der Waals surface area (Å²) in [6.45, 7) is 11.1. The van der Waals surface area contributed by atoms with Crippen LogP contribution in [-0.2, 0) is 6.54 Å². The number of ether oxygens (including phenoxy) is 2. The van der Waals surface area contributed by atoms with Crippen LogP contribution in [0, 0.1) is 23.2 Å². The van der Waals surface area contributed by atoms with E-state index < -0.39 is 0 Å². The van der Waals surface area contributed by atoms with Crippen LogP contribution in [0.5, 0.6) is 11.5 Å². The minimum Gasteiger partial charge on any atom is -0.494 e. The van der Waals surface area contributed by atoms with Crippen molar-refractivity contribution in [2.75, 3.05) is 57.9 Å². The molecule has 244 valence electrons. The van der Waals surface area contributed by atoms with E-state index in [9.17, 15) is 4.79 Å². The van der Waals surface area contributed by atoms with E-state index in [4.69, 9.17) is 9.47 Å². The first-order valence-electron chi connectivity index (χ1n) is 17.7. The molecule has 8 rings (SSSR count). The number of hydrogen-bond donors (Lipinski definition) is 0. The van der Waals surface area contributed by atoms with Crippen molar-refractivity contribution in [2.24, 2.45) is 23.2 Å². The lowest BCUT2D eigenvalue weighted by Gasteiger charge is -2.57. The highest BCUT2D eigenvalue weighted by Gasteiger charge is 2.51. The van der Waals surface area contributed by atoms with Crippen molar-refractivity contribution in [1.82, 2.24) is 9.80 Å². The molecular weight excluding hydrogens is 570 g/mol. The molecule has 1 amide bonds. The normalized spacial score (nSPS) is 25.5. The van der Waals surface area contributed by atoms with E-state index in [1.54, 1.807) is 0 Å². The Labute approximate surface area is 275 Å². The lowest BCUT2D eigenvalue weighted by atomic mass is 9.49. The largest absolute Gasteiger partial charge is 0.494 e. The Kier molecular flexibility index (Phi) is 9.00. The Morgan fingerprint density at radius 1 is 0.783 bits per heavy atom. The first-order chi connectivity index (χ1) is 22.4. The van der Waals surface area contributed by atoms with Crippen LogP contribution in [0.2, 0.25) is 0 Å². The highest BCUT2D eigenvalue weighted by atomic mass is 16.5. The van der Waals surface area contributed by atoms with Gasteiger partial charge in [0.2, 0.25) is 0 Å². The topological polar surface area (TPSA) is 45.2 Å². The van der Waals surface area contributed by atoms with Gasteiger partial charge in [0, 0.05) is 57.6 Å². The molecule has 4 saturated carbocycles. The monoisotopic (exact) mass is 621 g/mol. The summed E-state index contributed by atoms with van der Waals surface area (Å²) in [4.78, 5) is 20.5. The summed E-state index contributed by atoms with van der Waals surface area (Å²) in [7, 11) is 2.03. The average Bonchev–Trinajstić information content (AvgIpc) is 3.04. The second-order valence-electron chi connectivity index (χ2n) is 14.6. The molecule has 0 spiro atoms. The Bertz CT molecular complexity index is 1480. The highest BCUT2D eigenvalue weighted by molar-refractivity contribution is 5.94. The van der Waals surface area contributed by atoms with Gasteiger partial charge in [0.15, 0.2) is 0 Å². The predicted molar refractivity (Wildman–Crippen MR) is 186 cm³/mol. The van der Waals surface area contributed by atoms with Gasteiger partial charge < -0.3 is 19.3 Å². The summed E-state index contributed by atoms with van der Waals surface area (Å²) < 4.78 is 11.7. The number of carbonyl (C=O) groups excluding carboxylic acids is 1. The lowest BCUT2D eigenvalue weighted by molar-refractivity contribution is -0.0629. The quantitative estimate of drug-likeness (QED) is 0.219. The molecule has 0 radical (unpaired) electrons. The van der Waals surface area contributed by atoms with E-state index in [0.717, 1.165) is 85.2 Å². The van der Waals surface area contributed by atoms with Gasteiger partial charge in [-0.1, -0.05) is 12.1 Å². The average molecular weight is 622 g/mol. The van der Waals surface area contributed by atoms with Gasteiger partial charge in [-0.2, -0.15) is 0 Å². The molecular formula is C40H51N3O3. The third-order valence-electron chi connectivity index (χ3n) is 11.1. The fraction of sp³-hybridized carbons (Fsp3) is 0.525. The Morgan fingerprint density at radius 2 is 1.41 bits per heavy atom. The zero-order chi connectivity index (χ0) is 31.7. The first-order valence-corrected chi connectivity index (χ1v) is 17.7. The Hall–Kier alpha value is -3.51. The van der Waals surface area contributed by atoms with E-state index in [1.807, 2.05) is 44.0 Å². The number of rotatable bonds is 11. The lowest BCUT2D eigenvalue weighted by Crippen LogP contribution is -2.51. The molecule has 6 nitrogen and oxygen atoms in total. The first kappa shape index (κ1) is 31.1. The fourth-order valence-corrected chi connectivity index (χ4v) is 9.62. The molecule has 0 N–H and O–H groups in total. The number of nitrogens with zero attached hydrogens (tertiary/aromatic N) is 3. The van der Waals surface area contributed by atoms with E-state index in [0.29, 0.717) is 18.6 Å². The molecule has 5 fully saturated rings. The van der Waals surface area contributed by atoms with Crippen LogP contribution in [-0.4, -0.2) is 68.7 Å². The molecule has 4 bridgehead atoms. The maximum Gasteiger partial charge on any atom is 0.253 e. The van der Waals surface area contributed by atoms with E-state index in [1.165, 1.54) is 49.8 Å². The van der Waals surface area contributed by atoms with Crippen molar-refractivity contribution in [3.63, 3.8) is 0 Å². The Morgan fingerprint density at radius 3 is 2.07 bits per heavy atom. The van der Waals surface area contributed by atoms with E-state index in [2.05, 4.69) is 58.3 Å². The molecule has 1 aliphatic heterocycles. The zero-order valence-electron chi connectivity index (χ0n) is 28.0. The van der Waals surface area contributed by atoms with Crippen LogP contribution in [0.3, 0.4) is 0 Å². The van der Waals surface area contributed by atoms with E-state index >= 15 is 0 Å². The van der Waals surface area contributed by atoms with Crippen molar-refractivity contribution >= 4 is 11.6 Å². The number of amides is 1. The molecule has 46 heavy (non-hydrogen) atoms. The summed E-state index contributed by atoms with van der Waals surface area (Å²) in [5.74, 6) is 4.71. The number of piperazine rings is 1. The molecule has 0 aromatic heterocycles. The second-order valence-corrected chi connectivity index (χ2v) is 14.6. The molecule has 1 saturated heterocycles. The molecule has 4 aliphatic carbocycles. The third kappa shape index (κ3) is 6.78.